The fourth-order valence-corrected chi connectivity index (χ4v) is 5.18. The van der Waals surface area contributed by atoms with Crippen molar-refractivity contribution in [1.82, 2.24) is 35.0 Å². The van der Waals surface area contributed by atoms with Gasteiger partial charge in [-0.3, -0.25) is 14.9 Å². The van der Waals surface area contributed by atoms with Crippen LogP contribution in [0.2, 0.25) is 0 Å². The van der Waals surface area contributed by atoms with Crippen molar-refractivity contribution < 1.29 is 13.6 Å². The number of halogens is 2. The summed E-state index contributed by atoms with van der Waals surface area (Å²) in [7, 11) is 0. The summed E-state index contributed by atoms with van der Waals surface area (Å²) in [6.07, 6.45) is 6.01. The highest BCUT2D eigenvalue weighted by Gasteiger charge is 2.29. The second kappa shape index (κ2) is 11.6. The first-order valence-electron chi connectivity index (χ1n) is 13.3. The minimum atomic E-state index is -0.526. The lowest BCUT2D eigenvalue weighted by Crippen LogP contribution is -2.39. The van der Waals surface area contributed by atoms with Crippen molar-refractivity contribution in [2.75, 3.05) is 5.73 Å². The third kappa shape index (κ3) is 5.27. The highest BCUT2D eigenvalue weighted by molar-refractivity contribution is 5.99. The Morgan fingerprint density at radius 1 is 1.10 bits per heavy atom. The second-order valence-corrected chi connectivity index (χ2v) is 9.40. The number of hydrogen-bond donors (Lipinski definition) is 3. The van der Waals surface area contributed by atoms with Crippen molar-refractivity contribution in [3.63, 3.8) is 0 Å². The monoisotopic (exact) mass is 544 g/mol. The number of amides is 1. The molecule has 3 heterocycles. The van der Waals surface area contributed by atoms with E-state index in [1.54, 1.807) is 24.4 Å². The standard InChI is InChI=1S/C27H24F2N8O.C2H6/c28-15-8-9-21(30)19(10-15)27(38)34-16-4-3-5-17(11-16)37-24-12-22(25-32-14-33-36-25)31-13-23(24)35-26(37)18-6-1-2-7-20(18)29;1-2/h1-2,6-10,12-14,16-17H,3-5,11,30H2,(H,34,38)(H,32,33,36);1-2H3. The van der Waals surface area contributed by atoms with Gasteiger partial charge in [-0.05, 0) is 62.1 Å². The number of nitrogens with two attached hydrogens (primary N) is 1. The Morgan fingerprint density at radius 2 is 1.93 bits per heavy atom. The molecule has 0 radical (unpaired) electrons. The molecular formula is C29H30F2N8O. The molecule has 0 bridgehead atoms. The van der Waals surface area contributed by atoms with E-state index < -0.39 is 11.7 Å². The van der Waals surface area contributed by atoms with Crippen LogP contribution in [0.5, 0.6) is 0 Å². The molecule has 5 aromatic rings. The van der Waals surface area contributed by atoms with Crippen LogP contribution in [0, 0.1) is 11.6 Å². The summed E-state index contributed by atoms with van der Waals surface area (Å²) in [5, 5.41) is 9.75. The predicted molar refractivity (Wildman–Crippen MR) is 149 cm³/mol. The molecule has 206 valence electrons. The molecule has 0 saturated heterocycles. The Morgan fingerprint density at radius 3 is 2.70 bits per heavy atom. The maximum absolute atomic E-state index is 15.0. The number of fused-ring (bicyclic) bond motifs is 1. The fourth-order valence-electron chi connectivity index (χ4n) is 5.18. The normalized spacial score (nSPS) is 16.8. The molecule has 1 aliphatic rings. The number of nitrogens with one attached hydrogen (secondary N) is 2. The lowest BCUT2D eigenvalue weighted by atomic mass is 9.90. The van der Waals surface area contributed by atoms with Crippen LogP contribution < -0.4 is 11.1 Å². The minimum Gasteiger partial charge on any atom is -0.398 e. The average molecular weight is 545 g/mol. The van der Waals surface area contributed by atoms with Gasteiger partial charge >= 0.3 is 0 Å². The Balaban J connectivity index is 0.00000158. The van der Waals surface area contributed by atoms with Crippen molar-refractivity contribution >= 4 is 22.6 Å². The van der Waals surface area contributed by atoms with Crippen molar-refractivity contribution in [2.24, 2.45) is 0 Å². The van der Waals surface area contributed by atoms with Gasteiger partial charge in [0, 0.05) is 17.8 Å². The first-order valence-corrected chi connectivity index (χ1v) is 13.3. The average Bonchev–Trinajstić information content (AvgIpc) is 3.64. The highest BCUT2D eigenvalue weighted by Crippen LogP contribution is 2.37. The number of rotatable bonds is 5. The topological polar surface area (TPSA) is 127 Å². The number of nitrogens with zero attached hydrogens (tertiary/aromatic N) is 5. The Labute approximate surface area is 229 Å². The number of benzene rings is 2. The van der Waals surface area contributed by atoms with Crippen LogP contribution in [-0.4, -0.2) is 41.7 Å². The summed E-state index contributed by atoms with van der Waals surface area (Å²) in [5.74, 6) is -0.333. The van der Waals surface area contributed by atoms with Gasteiger partial charge in [0.2, 0.25) is 0 Å². The van der Waals surface area contributed by atoms with Gasteiger partial charge in [-0.2, -0.15) is 5.10 Å². The van der Waals surface area contributed by atoms with E-state index in [1.165, 1.54) is 24.5 Å². The van der Waals surface area contributed by atoms with E-state index in [0.717, 1.165) is 30.8 Å². The van der Waals surface area contributed by atoms with Gasteiger partial charge in [0.25, 0.3) is 5.91 Å². The quantitative estimate of drug-likeness (QED) is 0.244. The number of anilines is 1. The maximum Gasteiger partial charge on any atom is 0.253 e. The molecule has 2 unspecified atom stereocenters. The zero-order valence-electron chi connectivity index (χ0n) is 22.2. The number of carbonyl (C=O) groups excluding carboxylic acids is 1. The largest absolute Gasteiger partial charge is 0.398 e. The molecule has 2 aromatic carbocycles. The van der Waals surface area contributed by atoms with Crippen LogP contribution in [-0.2, 0) is 0 Å². The summed E-state index contributed by atoms with van der Waals surface area (Å²) in [5.41, 5.74) is 8.59. The van der Waals surface area contributed by atoms with Gasteiger partial charge in [0.1, 0.15) is 35.0 Å². The highest BCUT2D eigenvalue weighted by atomic mass is 19.1. The second-order valence-electron chi connectivity index (χ2n) is 9.40. The van der Waals surface area contributed by atoms with E-state index in [-0.39, 0.29) is 29.2 Å². The zero-order valence-corrected chi connectivity index (χ0v) is 22.2. The number of H-pyrrole nitrogens is 1. The van der Waals surface area contributed by atoms with E-state index >= 15 is 0 Å². The maximum atomic E-state index is 15.0. The van der Waals surface area contributed by atoms with E-state index in [9.17, 15) is 13.6 Å². The first kappa shape index (κ1) is 26.9. The van der Waals surface area contributed by atoms with Crippen LogP contribution in [0.3, 0.4) is 0 Å². The summed E-state index contributed by atoms with van der Waals surface area (Å²) < 4.78 is 30.8. The van der Waals surface area contributed by atoms with Crippen molar-refractivity contribution in [3.8, 4) is 22.9 Å². The van der Waals surface area contributed by atoms with Gasteiger partial charge < -0.3 is 15.6 Å². The summed E-state index contributed by atoms with van der Waals surface area (Å²) >= 11 is 0. The molecule has 4 N–H and O–H groups in total. The molecule has 9 nitrogen and oxygen atoms in total. The molecular weight excluding hydrogens is 514 g/mol. The van der Waals surface area contributed by atoms with Crippen LogP contribution >= 0.6 is 0 Å². The molecule has 0 aliphatic heterocycles. The Hall–Kier alpha value is -4.67. The van der Waals surface area contributed by atoms with E-state index in [0.29, 0.717) is 34.8 Å². The third-order valence-electron chi connectivity index (χ3n) is 6.96. The van der Waals surface area contributed by atoms with Crippen molar-refractivity contribution in [1.29, 1.82) is 0 Å². The molecule has 3 aromatic heterocycles. The van der Waals surface area contributed by atoms with Crippen LogP contribution in [0.15, 0.2) is 61.1 Å². The summed E-state index contributed by atoms with van der Waals surface area (Å²) in [6.45, 7) is 4.00. The van der Waals surface area contributed by atoms with E-state index in [4.69, 9.17) is 10.7 Å². The van der Waals surface area contributed by atoms with Gasteiger partial charge in [-0.25, -0.2) is 18.7 Å². The number of aromatic amines is 1. The van der Waals surface area contributed by atoms with Crippen molar-refractivity contribution in [2.45, 2.75) is 51.6 Å². The number of nitrogen functional groups attached to an aromatic ring is 1. The molecule has 0 spiro atoms. The Bertz CT molecular complexity index is 1630. The van der Waals surface area contributed by atoms with Gasteiger partial charge in [-0.15, -0.1) is 0 Å². The number of hydrogen-bond acceptors (Lipinski definition) is 6. The van der Waals surface area contributed by atoms with E-state index in [2.05, 4.69) is 25.5 Å². The van der Waals surface area contributed by atoms with Crippen LogP contribution in [0.4, 0.5) is 14.5 Å². The summed E-state index contributed by atoms with van der Waals surface area (Å²) in [4.78, 5) is 26.4. The van der Waals surface area contributed by atoms with E-state index in [1.807, 2.05) is 24.5 Å². The third-order valence-corrected chi connectivity index (χ3v) is 6.96. The zero-order chi connectivity index (χ0) is 28.2. The predicted octanol–water partition coefficient (Wildman–Crippen LogP) is 5.68. The molecule has 1 aliphatic carbocycles. The number of carbonyl (C=O) groups is 1. The molecule has 1 saturated carbocycles. The fraction of sp³-hybridized carbons (Fsp3) is 0.276. The van der Waals surface area contributed by atoms with Gasteiger partial charge in [0.15, 0.2) is 5.82 Å². The number of imidazole rings is 1. The smallest absolute Gasteiger partial charge is 0.253 e. The molecule has 11 heteroatoms. The molecule has 6 rings (SSSR count). The SMILES string of the molecule is CC.Nc1ccc(F)cc1C(=O)NC1CCCC(n2c(-c3ccccc3F)nc3cnc(-c4ncn[nH]4)cc32)C1. The molecule has 2 atom stereocenters. The lowest BCUT2D eigenvalue weighted by molar-refractivity contribution is 0.0921. The summed E-state index contributed by atoms with van der Waals surface area (Å²) in [6, 6.07) is 11.8. The van der Waals surface area contributed by atoms with Gasteiger partial charge in [-0.1, -0.05) is 26.0 Å². The molecule has 1 amide bonds. The molecule has 40 heavy (non-hydrogen) atoms. The Kier molecular flexibility index (Phi) is 7.81. The van der Waals surface area contributed by atoms with Crippen molar-refractivity contribution in [3.05, 3.63) is 78.3 Å². The lowest BCUT2D eigenvalue weighted by Gasteiger charge is -2.32. The number of aromatic nitrogens is 6. The van der Waals surface area contributed by atoms with Crippen LogP contribution in [0.1, 0.15) is 55.9 Å². The first-order chi connectivity index (χ1) is 19.5. The minimum absolute atomic E-state index is 0.0940. The molecule has 1 fully saturated rings. The number of pyridine rings is 1. The van der Waals surface area contributed by atoms with Crippen LogP contribution in [0.25, 0.3) is 33.9 Å². The van der Waals surface area contributed by atoms with Gasteiger partial charge in [0.05, 0.1) is 22.8 Å².